The second-order valence-electron chi connectivity index (χ2n) is 1.78. The van der Waals surface area contributed by atoms with Gasteiger partial charge in [-0.25, -0.2) is 0 Å². The van der Waals surface area contributed by atoms with E-state index in [1.165, 1.54) is 11.3 Å². The van der Waals surface area contributed by atoms with Crippen molar-refractivity contribution in [1.82, 2.24) is 0 Å². The Morgan fingerprint density at radius 1 is 1.70 bits per heavy atom. The Balaban J connectivity index is 2.96. The lowest BCUT2D eigenvalue weighted by Gasteiger charge is -2.10. The molecule has 1 aromatic rings. The summed E-state index contributed by atoms with van der Waals surface area (Å²) >= 11 is 9.92. The fourth-order valence-corrected chi connectivity index (χ4v) is 1.96. The molecule has 0 fully saturated rings. The van der Waals surface area contributed by atoms with Gasteiger partial charge in [-0.1, -0.05) is 11.6 Å². The Bertz CT molecular complexity index is 232. The molecule has 1 unspecified atom stereocenters. The van der Waals surface area contributed by atoms with E-state index in [1.54, 1.807) is 12.1 Å². The third kappa shape index (κ3) is 1.93. The number of hydrogen-bond donors (Lipinski definition) is 2. The van der Waals surface area contributed by atoms with Crippen LogP contribution in [0.25, 0.3) is 0 Å². The summed E-state index contributed by atoms with van der Waals surface area (Å²) in [5.41, 5.74) is 5.18. The lowest BCUT2D eigenvalue weighted by atomic mass is 10.4. The first-order chi connectivity index (χ1) is 4.50. The molecule has 0 aliphatic rings. The van der Waals surface area contributed by atoms with Crippen LogP contribution in [0, 0.1) is 0 Å². The maximum Gasteiger partial charge on any atom is 0.227 e. The topological polar surface area (TPSA) is 46.2 Å². The molecule has 0 spiro atoms. The predicted molar refractivity (Wildman–Crippen MR) is 46.0 cm³/mol. The van der Waals surface area contributed by atoms with Crippen LogP contribution >= 0.6 is 38.9 Å². The smallest absolute Gasteiger partial charge is 0.227 e. The molecule has 3 N–H and O–H groups in total. The van der Waals surface area contributed by atoms with Gasteiger partial charge in [-0.15, -0.1) is 11.3 Å². The minimum absolute atomic E-state index is 0.529. The summed E-state index contributed by atoms with van der Waals surface area (Å²) in [5, 5.41) is 7.31. The molecule has 0 radical (unpaired) electrons. The van der Waals surface area contributed by atoms with Gasteiger partial charge in [0.1, 0.15) is 0 Å². The van der Waals surface area contributed by atoms with Crippen LogP contribution in [0.2, 0.25) is 0 Å². The number of nitrogens with two attached hydrogens (primary N) is 1. The van der Waals surface area contributed by atoms with Crippen molar-refractivity contribution in [1.29, 1.82) is 0 Å². The van der Waals surface area contributed by atoms with Crippen molar-refractivity contribution in [3.8, 4) is 0 Å². The molecule has 1 aromatic heterocycles. The van der Waals surface area contributed by atoms with Gasteiger partial charge in [0.05, 0.1) is 8.66 Å². The van der Waals surface area contributed by atoms with Crippen LogP contribution in [0.4, 0.5) is 0 Å². The van der Waals surface area contributed by atoms with Gasteiger partial charge in [0.25, 0.3) is 0 Å². The molecule has 0 aromatic carbocycles. The number of thiophene rings is 1. The second-order valence-corrected chi connectivity index (χ2v) is 4.82. The monoisotopic (exact) mass is 241 g/mol. The second kappa shape index (κ2) is 2.79. The average Bonchev–Trinajstić information content (AvgIpc) is 2.11. The Morgan fingerprint density at radius 3 is 2.50 bits per heavy atom. The van der Waals surface area contributed by atoms with Gasteiger partial charge < -0.3 is 5.11 Å². The average molecular weight is 243 g/mol. The number of alkyl halides is 1. The van der Waals surface area contributed by atoms with Crippen molar-refractivity contribution in [3.05, 3.63) is 20.8 Å². The SMILES string of the molecule is NC(O)(Cl)c1ccc(Br)s1. The highest BCUT2D eigenvalue weighted by molar-refractivity contribution is 9.11. The molecule has 0 amide bonds. The van der Waals surface area contributed by atoms with Crippen molar-refractivity contribution < 1.29 is 5.11 Å². The molecule has 56 valence electrons. The number of rotatable bonds is 1. The van der Waals surface area contributed by atoms with Crippen molar-refractivity contribution in [2.24, 2.45) is 5.73 Å². The Morgan fingerprint density at radius 2 is 2.30 bits per heavy atom. The Labute approximate surface area is 75.7 Å². The molecule has 1 atom stereocenters. The van der Waals surface area contributed by atoms with E-state index in [9.17, 15) is 0 Å². The van der Waals surface area contributed by atoms with Crippen LogP contribution in [-0.2, 0) is 5.18 Å². The fourth-order valence-electron chi connectivity index (χ4n) is 0.503. The summed E-state index contributed by atoms with van der Waals surface area (Å²) in [6, 6.07) is 3.45. The maximum atomic E-state index is 9.04. The molecule has 0 aliphatic carbocycles. The first-order valence-corrected chi connectivity index (χ1v) is 4.45. The molecule has 1 heterocycles. The highest BCUT2D eigenvalue weighted by atomic mass is 79.9. The van der Waals surface area contributed by atoms with Crippen LogP contribution in [0.1, 0.15) is 4.88 Å². The van der Waals surface area contributed by atoms with E-state index < -0.39 is 5.18 Å². The van der Waals surface area contributed by atoms with Crippen molar-refractivity contribution in [2.75, 3.05) is 0 Å². The standard InChI is InChI=1S/C5H5BrClNOS/c6-4-2-1-3(10-4)5(7,8)9/h1-2,9H,8H2. The van der Waals surface area contributed by atoms with E-state index in [0.717, 1.165) is 3.79 Å². The minimum atomic E-state index is -1.73. The van der Waals surface area contributed by atoms with Crippen LogP contribution in [-0.4, -0.2) is 5.11 Å². The highest BCUT2D eigenvalue weighted by Gasteiger charge is 2.21. The largest absolute Gasteiger partial charge is 0.359 e. The summed E-state index contributed by atoms with van der Waals surface area (Å²) < 4.78 is 0.895. The van der Waals surface area contributed by atoms with Gasteiger partial charge in [0.2, 0.25) is 5.18 Å². The molecular formula is C5H5BrClNOS. The third-order valence-electron chi connectivity index (χ3n) is 0.919. The van der Waals surface area contributed by atoms with Gasteiger partial charge >= 0.3 is 0 Å². The fraction of sp³-hybridized carbons (Fsp3) is 0.200. The molecule has 0 bridgehead atoms. The van der Waals surface area contributed by atoms with Crippen LogP contribution in [0.15, 0.2) is 15.9 Å². The summed E-state index contributed by atoms with van der Waals surface area (Å²) in [4.78, 5) is 0.529. The lowest BCUT2D eigenvalue weighted by Crippen LogP contribution is -2.27. The van der Waals surface area contributed by atoms with E-state index in [-0.39, 0.29) is 0 Å². The van der Waals surface area contributed by atoms with E-state index in [0.29, 0.717) is 4.88 Å². The van der Waals surface area contributed by atoms with Crippen LogP contribution in [0.3, 0.4) is 0 Å². The van der Waals surface area contributed by atoms with Crippen molar-refractivity contribution in [3.63, 3.8) is 0 Å². The molecule has 0 saturated carbocycles. The zero-order valence-corrected chi connectivity index (χ0v) is 8.00. The molecule has 2 nitrogen and oxygen atoms in total. The van der Waals surface area contributed by atoms with Gasteiger partial charge in [-0.2, -0.15) is 0 Å². The van der Waals surface area contributed by atoms with Crippen molar-refractivity contribution >= 4 is 38.9 Å². The molecule has 10 heavy (non-hydrogen) atoms. The zero-order chi connectivity index (χ0) is 7.78. The minimum Gasteiger partial charge on any atom is -0.359 e. The summed E-state index contributed by atoms with van der Waals surface area (Å²) in [6.07, 6.45) is 0. The van der Waals surface area contributed by atoms with Gasteiger partial charge in [0.15, 0.2) is 0 Å². The molecule has 5 heteroatoms. The third-order valence-corrected chi connectivity index (χ3v) is 2.98. The first kappa shape index (κ1) is 8.49. The van der Waals surface area contributed by atoms with E-state index >= 15 is 0 Å². The first-order valence-electron chi connectivity index (χ1n) is 2.46. The summed E-state index contributed by atoms with van der Waals surface area (Å²) in [5.74, 6) is 0. The molecular weight excluding hydrogens is 237 g/mol. The van der Waals surface area contributed by atoms with Crippen LogP contribution < -0.4 is 5.73 Å². The molecule has 0 aliphatic heterocycles. The number of hydrogen-bond acceptors (Lipinski definition) is 3. The number of aliphatic hydroxyl groups is 1. The van der Waals surface area contributed by atoms with Gasteiger partial charge in [-0.3, -0.25) is 5.73 Å². The summed E-state index contributed by atoms with van der Waals surface area (Å²) in [6.45, 7) is 0. The number of halogens is 2. The van der Waals surface area contributed by atoms with E-state index in [4.69, 9.17) is 22.4 Å². The highest BCUT2D eigenvalue weighted by Crippen LogP contribution is 2.30. The van der Waals surface area contributed by atoms with E-state index in [1.807, 2.05) is 0 Å². The lowest BCUT2D eigenvalue weighted by molar-refractivity contribution is 0.141. The van der Waals surface area contributed by atoms with Crippen molar-refractivity contribution in [2.45, 2.75) is 5.18 Å². The Kier molecular flexibility index (Phi) is 2.37. The van der Waals surface area contributed by atoms with E-state index in [2.05, 4.69) is 15.9 Å². The maximum absolute atomic E-state index is 9.04. The van der Waals surface area contributed by atoms with Crippen LogP contribution in [0.5, 0.6) is 0 Å². The quantitative estimate of drug-likeness (QED) is 0.448. The normalized spacial score (nSPS) is 16.8. The Hall–Kier alpha value is 0.390. The molecule has 0 saturated heterocycles. The summed E-state index contributed by atoms with van der Waals surface area (Å²) in [7, 11) is 0. The zero-order valence-electron chi connectivity index (χ0n) is 4.84. The molecule has 1 rings (SSSR count). The predicted octanol–water partition coefficient (Wildman–Crippen LogP) is 1.81. The van der Waals surface area contributed by atoms with Gasteiger partial charge in [-0.05, 0) is 28.1 Å². The van der Waals surface area contributed by atoms with Gasteiger partial charge in [0, 0.05) is 0 Å².